The van der Waals surface area contributed by atoms with Crippen molar-refractivity contribution < 1.29 is 77.0 Å². The number of quaternary nitrogens is 1. The first-order valence-electron chi connectivity index (χ1n) is 23.4. The van der Waals surface area contributed by atoms with Gasteiger partial charge < -0.3 is 48.2 Å². The van der Waals surface area contributed by atoms with Gasteiger partial charge in [-0.3, -0.25) is 14.4 Å². The molecule has 0 spiro atoms. The number of ether oxygens (including phenoxy) is 6. The number of carbonyl (C=O) groups is 6. The minimum absolute atomic E-state index is 0.0621. The first-order valence-corrected chi connectivity index (χ1v) is 23.4. The normalized spacial score (nSPS) is 15.0. The molecular weight excluding hydrogens is 857 g/mol. The fraction of sp³-hybridized carbons (Fsp3) is 0.714. The number of carbonyl (C=O) groups excluding carboxylic acids is 6. The maximum atomic E-state index is 12.9. The van der Waals surface area contributed by atoms with Crippen LogP contribution in [0, 0.1) is 13.5 Å². The van der Waals surface area contributed by atoms with Crippen LogP contribution in [0.5, 0.6) is 0 Å². The molecule has 0 saturated heterocycles. The standard InChI is InChI=1S/C49H81N2O15/c1-9-12-15-27-42(63-37(4)52)39(53)24-18-21-30-45(56)61-35-38(64-47(58)32-23-20-26-40(54)43(28-16-13-10-2)65-48(59)33-50-5)36-62-46(57)31-22-19-25-41(55)44(29-17-14-11-3)66-49(60)34-51(6,7)8/h5,18-23,38-44,53-55H,4,9-17,24-36H2,1-3,6-8H3/q+3/b21-18+,22-19+,23-20+. The number of likely N-dealkylation sites (N-methyl/N-ethyl adjacent to an activating group) is 1. The van der Waals surface area contributed by atoms with Crippen molar-refractivity contribution >= 4 is 35.8 Å². The minimum atomic E-state index is -1.19. The number of unbranched alkanes of at least 4 members (excludes halogenated alkanes) is 6. The summed E-state index contributed by atoms with van der Waals surface area (Å²) in [5.41, 5.74) is 0. The fourth-order valence-corrected chi connectivity index (χ4v) is 6.36. The van der Waals surface area contributed by atoms with Gasteiger partial charge in [-0.2, -0.15) is 4.79 Å². The van der Waals surface area contributed by atoms with Gasteiger partial charge in [0.15, 0.2) is 19.6 Å². The zero-order valence-electron chi connectivity index (χ0n) is 40.5. The van der Waals surface area contributed by atoms with Gasteiger partial charge in [0.2, 0.25) is 0 Å². The lowest BCUT2D eigenvalue weighted by Crippen LogP contribution is -2.42. The number of esters is 6. The van der Waals surface area contributed by atoms with Crippen LogP contribution >= 0.6 is 0 Å². The highest BCUT2D eigenvalue weighted by Gasteiger charge is 2.27. The highest BCUT2D eigenvalue weighted by atomic mass is 16.6. The number of hydrogen-bond donors (Lipinski definition) is 3. The first kappa shape index (κ1) is 61.2. The van der Waals surface area contributed by atoms with Gasteiger partial charge in [-0.25, -0.2) is 9.59 Å². The van der Waals surface area contributed by atoms with E-state index in [2.05, 4.69) is 11.8 Å². The molecule has 0 aliphatic heterocycles. The molecule has 66 heavy (non-hydrogen) atoms. The first-order chi connectivity index (χ1) is 31.3. The highest BCUT2D eigenvalue weighted by Crippen LogP contribution is 2.17. The average Bonchev–Trinajstić information content (AvgIpc) is 3.24. The molecule has 17 nitrogen and oxygen atoms in total. The van der Waals surface area contributed by atoms with Crippen molar-refractivity contribution in [1.82, 2.24) is 0 Å². The van der Waals surface area contributed by atoms with Crippen molar-refractivity contribution in [3.8, 4) is 6.57 Å². The second-order valence-corrected chi connectivity index (χ2v) is 17.3. The summed E-state index contributed by atoms with van der Waals surface area (Å²) in [4.78, 5) is 77.5. The molecule has 374 valence electrons. The van der Waals surface area contributed by atoms with Crippen LogP contribution in [0.15, 0.2) is 36.5 Å². The Morgan fingerprint density at radius 2 is 0.924 bits per heavy atom. The third-order valence-electron chi connectivity index (χ3n) is 9.88. The molecule has 0 aliphatic rings. The van der Waals surface area contributed by atoms with Crippen LogP contribution in [0.4, 0.5) is 0 Å². The maximum Gasteiger partial charge on any atom is 0.493 e. The minimum Gasteiger partial charge on any atom is -0.461 e. The van der Waals surface area contributed by atoms with Crippen molar-refractivity contribution in [3.05, 3.63) is 48.2 Å². The van der Waals surface area contributed by atoms with Crippen molar-refractivity contribution in [2.24, 2.45) is 0 Å². The van der Waals surface area contributed by atoms with E-state index in [0.29, 0.717) is 23.7 Å². The lowest BCUT2D eigenvalue weighted by molar-refractivity contribution is -0.862. The number of hydrogen-bond acceptors (Lipinski definition) is 15. The van der Waals surface area contributed by atoms with Crippen LogP contribution in [0.25, 0.3) is 4.85 Å². The van der Waals surface area contributed by atoms with Crippen LogP contribution < -0.4 is 0 Å². The molecular formula is C49H81N2O15+3. The lowest BCUT2D eigenvalue weighted by Gasteiger charge is -2.26. The molecule has 7 unspecified atom stereocenters. The summed E-state index contributed by atoms with van der Waals surface area (Å²) in [7, 11) is 5.59. The fourth-order valence-electron chi connectivity index (χ4n) is 6.36. The van der Waals surface area contributed by atoms with Crippen LogP contribution in [-0.2, 0) is 57.2 Å². The van der Waals surface area contributed by atoms with Crippen LogP contribution in [0.1, 0.15) is 136 Å². The van der Waals surface area contributed by atoms with Crippen molar-refractivity contribution in [3.63, 3.8) is 0 Å². The number of aliphatic hydroxyl groups is 3. The second-order valence-electron chi connectivity index (χ2n) is 17.3. The molecule has 0 amide bonds. The van der Waals surface area contributed by atoms with E-state index in [9.17, 15) is 44.1 Å². The van der Waals surface area contributed by atoms with Crippen molar-refractivity contribution in [2.75, 3.05) is 47.4 Å². The van der Waals surface area contributed by atoms with Crippen LogP contribution in [0.2, 0.25) is 0 Å². The second kappa shape index (κ2) is 37.3. The third-order valence-corrected chi connectivity index (χ3v) is 9.88. The molecule has 0 saturated carbocycles. The van der Waals surface area contributed by atoms with Crippen molar-refractivity contribution in [1.29, 1.82) is 0 Å². The maximum absolute atomic E-state index is 12.9. The predicted octanol–water partition coefficient (Wildman–Crippen LogP) is 6.06. The van der Waals surface area contributed by atoms with E-state index in [0.717, 1.165) is 57.8 Å². The third kappa shape index (κ3) is 33.7. The molecule has 7 atom stereocenters. The molecule has 0 heterocycles. The van der Waals surface area contributed by atoms with E-state index >= 15 is 0 Å². The Bertz CT molecular complexity index is 1530. The van der Waals surface area contributed by atoms with Crippen LogP contribution in [-0.4, -0.2) is 146 Å². The molecule has 0 aromatic carbocycles. The highest BCUT2D eigenvalue weighted by molar-refractivity contribution is 5.74. The Balaban J connectivity index is 5.62. The molecule has 0 aromatic heterocycles. The van der Waals surface area contributed by atoms with Gasteiger partial charge >= 0.3 is 42.4 Å². The summed E-state index contributed by atoms with van der Waals surface area (Å²) in [5.74, 6) is -3.96. The number of rotatable bonds is 38. The monoisotopic (exact) mass is 938 g/mol. The van der Waals surface area contributed by atoms with E-state index in [1.54, 1.807) is 18.2 Å². The summed E-state index contributed by atoms with van der Waals surface area (Å²) in [6, 6.07) is 0. The SMILES string of the molecule is C#[N+]CC(=O)OC(CCCCC)C(O)C/C=C/CC(=O)OC(COC(=O)C/C=C/CC(O)C(CCCCC)OC([CH2+])=O)COC(=O)C/C=C/CC(O)C(CCCCC)OC(=O)C[N+](C)(C)C. The largest absolute Gasteiger partial charge is 0.493 e. The van der Waals surface area contributed by atoms with E-state index < -0.39 is 91.8 Å². The summed E-state index contributed by atoms with van der Waals surface area (Å²) < 4.78 is 32.7. The molecule has 0 rings (SSSR count). The predicted molar refractivity (Wildman–Crippen MR) is 248 cm³/mol. The Labute approximate surface area is 393 Å². The Kier molecular flexibility index (Phi) is 34.7. The Morgan fingerprint density at radius 1 is 0.545 bits per heavy atom. The molecule has 0 aromatic rings. The zero-order chi connectivity index (χ0) is 49.8. The summed E-state index contributed by atoms with van der Waals surface area (Å²) in [5, 5.41) is 32.2. The smallest absolute Gasteiger partial charge is 0.461 e. The van der Waals surface area contributed by atoms with E-state index in [-0.39, 0.29) is 51.6 Å². The molecule has 0 fully saturated rings. The van der Waals surface area contributed by atoms with Crippen molar-refractivity contribution in [2.45, 2.75) is 179 Å². The van der Waals surface area contributed by atoms with E-state index in [4.69, 9.17) is 35.0 Å². The average molecular weight is 938 g/mol. The van der Waals surface area contributed by atoms with E-state index in [1.165, 1.54) is 18.2 Å². The molecule has 0 aliphatic carbocycles. The summed E-state index contributed by atoms with van der Waals surface area (Å²) >= 11 is 0. The quantitative estimate of drug-likeness (QED) is 0.0160. The summed E-state index contributed by atoms with van der Waals surface area (Å²) in [6.07, 6.45) is 11.5. The molecule has 0 radical (unpaired) electrons. The van der Waals surface area contributed by atoms with Crippen LogP contribution in [0.3, 0.4) is 0 Å². The Hall–Kier alpha value is -4.76. The topological polar surface area (TPSA) is 223 Å². The van der Waals surface area contributed by atoms with Gasteiger partial charge in [-0.15, -0.1) is 0 Å². The molecule has 3 N–H and O–H groups in total. The Morgan fingerprint density at radius 3 is 1.29 bits per heavy atom. The molecule has 17 heteroatoms. The molecule has 0 bridgehead atoms. The summed E-state index contributed by atoms with van der Waals surface area (Å²) in [6.45, 7) is 13.3. The van der Waals surface area contributed by atoms with Gasteiger partial charge in [0.1, 0.15) is 31.5 Å². The number of nitrogens with zero attached hydrogens (tertiary/aromatic N) is 2. The van der Waals surface area contributed by atoms with E-state index in [1.807, 2.05) is 41.9 Å². The van der Waals surface area contributed by atoms with Gasteiger partial charge in [0.25, 0.3) is 6.57 Å². The van der Waals surface area contributed by atoms with Gasteiger partial charge in [-0.1, -0.05) is 101 Å². The lowest BCUT2D eigenvalue weighted by atomic mass is 10.0. The zero-order valence-corrected chi connectivity index (χ0v) is 40.5. The van der Waals surface area contributed by atoms with Gasteiger partial charge in [0.05, 0.1) is 58.7 Å². The number of aliphatic hydroxyl groups excluding tert-OH is 3. The van der Waals surface area contributed by atoms with Gasteiger partial charge in [0, 0.05) is 0 Å². The van der Waals surface area contributed by atoms with Gasteiger partial charge in [-0.05, 0) is 57.8 Å².